The van der Waals surface area contributed by atoms with Crippen molar-refractivity contribution in [3.8, 4) is 16.9 Å². The molecule has 2 fully saturated rings. The summed E-state index contributed by atoms with van der Waals surface area (Å²) in [7, 11) is 0. The van der Waals surface area contributed by atoms with Crippen LogP contribution in [-0.4, -0.2) is 73.0 Å². The molecule has 15 heteroatoms. The van der Waals surface area contributed by atoms with Crippen molar-refractivity contribution in [1.82, 2.24) is 29.8 Å². The zero-order valence-corrected chi connectivity index (χ0v) is 22.9. The molecular weight excluding hydrogens is 584 g/mol. The Morgan fingerprint density at radius 1 is 1.18 bits per heavy atom. The summed E-state index contributed by atoms with van der Waals surface area (Å²) in [5, 5.41) is 6.73. The van der Waals surface area contributed by atoms with Crippen LogP contribution < -0.4 is 16.0 Å². The third-order valence-electron chi connectivity index (χ3n) is 7.81. The summed E-state index contributed by atoms with van der Waals surface area (Å²) < 4.78 is 20.8. The van der Waals surface area contributed by atoms with E-state index in [-0.39, 0.29) is 61.8 Å². The Morgan fingerprint density at radius 2 is 2.00 bits per heavy atom. The first-order chi connectivity index (χ1) is 19.2. The number of nitrogen functional groups attached to an aromatic ring is 1. The highest BCUT2D eigenvalue weighted by atomic mass is 35.5. The second kappa shape index (κ2) is 9.18. The summed E-state index contributed by atoms with van der Waals surface area (Å²) in [6.45, 7) is 0.511. The number of hydrogen-bond acceptors (Lipinski definition) is 8. The smallest absolute Gasteiger partial charge is 0.360 e. The molecule has 40 heavy (non-hydrogen) atoms. The van der Waals surface area contributed by atoms with E-state index in [1.165, 1.54) is 18.2 Å². The van der Waals surface area contributed by atoms with E-state index in [0.29, 0.717) is 42.5 Å². The average molecular weight is 604 g/mol. The number of piperazine rings is 1. The van der Waals surface area contributed by atoms with Crippen molar-refractivity contribution in [2.75, 3.05) is 18.9 Å². The first kappa shape index (κ1) is 25.3. The summed E-state index contributed by atoms with van der Waals surface area (Å²) in [6.07, 6.45) is 2.89. The fraction of sp³-hybridized carbons (Fsp3) is 0.320. The molecular formula is C25H20Cl2FN7O4S. The summed E-state index contributed by atoms with van der Waals surface area (Å²) in [5.41, 5.74) is 6.74. The normalized spacial score (nSPS) is 22.1. The maximum Gasteiger partial charge on any atom is 0.360 e. The molecule has 0 radical (unpaired) electrons. The molecule has 3 atom stereocenters. The number of nitrogens with two attached hydrogens (primary N) is 1. The number of fused-ring (bicyclic) bond motifs is 6. The molecule has 0 spiro atoms. The van der Waals surface area contributed by atoms with Gasteiger partial charge < -0.3 is 20.3 Å². The number of amides is 2. The van der Waals surface area contributed by atoms with Crippen molar-refractivity contribution >= 4 is 61.8 Å². The second-order valence-electron chi connectivity index (χ2n) is 9.93. The van der Waals surface area contributed by atoms with Crippen LogP contribution in [0.15, 0.2) is 29.2 Å². The van der Waals surface area contributed by atoms with Crippen LogP contribution in [0.25, 0.3) is 21.3 Å². The predicted octanol–water partition coefficient (Wildman–Crippen LogP) is 3.98. The minimum absolute atomic E-state index is 0.119. The molecule has 2 bridgehead atoms. The fourth-order valence-corrected chi connectivity index (χ4v) is 7.65. The van der Waals surface area contributed by atoms with Crippen molar-refractivity contribution in [3.63, 3.8) is 0 Å². The second-order valence-corrected chi connectivity index (χ2v) is 11.7. The number of aromatic amines is 1. The number of nitrogens with zero attached hydrogens (tertiary/aromatic N) is 5. The lowest BCUT2D eigenvalue weighted by Crippen LogP contribution is -2.63. The van der Waals surface area contributed by atoms with Crippen molar-refractivity contribution in [3.05, 3.63) is 56.2 Å². The zero-order valence-electron chi connectivity index (χ0n) is 20.6. The van der Waals surface area contributed by atoms with Crippen LogP contribution in [0.5, 0.6) is 5.75 Å². The first-order valence-corrected chi connectivity index (χ1v) is 14.1. The third kappa shape index (κ3) is 3.71. The van der Waals surface area contributed by atoms with Crippen LogP contribution in [0, 0.1) is 5.82 Å². The van der Waals surface area contributed by atoms with E-state index >= 15 is 0 Å². The lowest BCUT2D eigenvalue weighted by atomic mass is 9.96. The van der Waals surface area contributed by atoms with Crippen LogP contribution in [-0.2, 0) is 0 Å². The van der Waals surface area contributed by atoms with E-state index in [1.807, 2.05) is 0 Å². The van der Waals surface area contributed by atoms with E-state index in [1.54, 1.807) is 9.80 Å². The van der Waals surface area contributed by atoms with E-state index in [4.69, 9.17) is 33.7 Å². The highest BCUT2D eigenvalue weighted by Gasteiger charge is 2.51. The summed E-state index contributed by atoms with van der Waals surface area (Å²) in [4.78, 5) is 47.4. The maximum atomic E-state index is 14.4. The highest BCUT2D eigenvalue weighted by Crippen LogP contribution is 2.48. The van der Waals surface area contributed by atoms with Crippen LogP contribution in [0.3, 0.4) is 0 Å². The predicted molar refractivity (Wildman–Crippen MR) is 147 cm³/mol. The molecule has 11 nitrogen and oxygen atoms in total. The van der Waals surface area contributed by atoms with Crippen LogP contribution in [0.2, 0.25) is 10.0 Å². The van der Waals surface area contributed by atoms with Gasteiger partial charge in [-0.05, 0) is 31.0 Å². The number of ether oxygens (including phenoxy) is 1. The van der Waals surface area contributed by atoms with Crippen molar-refractivity contribution in [2.45, 2.75) is 37.4 Å². The molecule has 2 amide bonds. The number of rotatable bonds is 1. The molecule has 4 aromatic rings. The van der Waals surface area contributed by atoms with Crippen molar-refractivity contribution < 1.29 is 18.7 Å². The number of carbonyl (C=O) groups excluding carboxylic acids is 2. The zero-order chi connectivity index (χ0) is 27.9. The van der Waals surface area contributed by atoms with Gasteiger partial charge in [-0.1, -0.05) is 34.5 Å². The van der Waals surface area contributed by atoms with Gasteiger partial charge in [0.2, 0.25) is 0 Å². The van der Waals surface area contributed by atoms with Gasteiger partial charge in [-0.2, -0.15) is 0 Å². The van der Waals surface area contributed by atoms with Gasteiger partial charge in [0.05, 0.1) is 50.6 Å². The molecule has 3 unspecified atom stereocenters. The summed E-state index contributed by atoms with van der Waals surface area (Å²) in [6, 6.07) is 3.05. The van der Waals surface area contributed by atoms with Gasteiger partial charge in [-0.15, -0.1) is 9.90 Å². The number of hydrogen-bond donors (Lipinski definition) is 2. The Morgan fingerprint density at radius 3 is 2.77 bits per heavy atom. The number of nitrogens with one attached hydrogen (secondary N) is 1. The SMILES string of the molecule is Nc1nc2c(-c3c(Cl)cc4c(c3Cl)OCCC3C5CCC(CN3C4=O)N5C(=O)n3ncc(=O)[nH]3)ccc(F)c2s1. The number of aromatic nitrogens is 4. The summed E-state index contributed by atoms with van der Waals surface area (Å²) in [5.74, 6) is -0.589. The molecule has 0 saturated carbocycles. The van der Waals surface area contributed by atoms with Gasteiger partial charge in [0.15, 0.2) is 10.9 Å². The molecule has 206 valence electrons. The number of anilines is 1. The minimum Gasteiger partial charge on any atom is -0.491 e. The van der Waals surface area contributed by atoms with Gasteiger partial charge in [0.1, 0.15) is 12.0 Å². The quantitative estimate of drug-likeness (QED) is 0.335. The van der Waals surface area contributed by atoms with Gasteiger partial charge in [0, 0.05) is 24.1 Å². The monoisotopic (exact) mass is 603 g/mol. The van der Waals surface area contributed by atoms with Gasteiger partial charge in [0.25, 0.3) is 11.5 Å². The number of H-pyrrole nitrogens is 1. The summed E-state index contributed by atoms with van der Waals surface area (Å²) >= 11 is 14.6. The molecule has 2 aromatic heterocycles. The highest BCUT2D eigenvalue weighted by molar-refractivity contribution is 7.22. The number of halogens is 3. The van der Waals surface area contributed by atoms with Crippen LogP contribution in [0.1, 0.15) is 29.6 Å². The third-order valence-corrected chi connectivity index (χ3v) is 9.36. The van der Waals surface area contributed by atoms with E-state index < -0.39 is 17.4 Å². The maximum absolute atomic E-state index is 14.4. The van der Waals surface area contributed by atoms with E-state index in [2.05, 4.69) is 15.2 Å². The minimum atomic E-state index is -0.474. The van der Waals surface area contributed by atoms with Gasteiger partial charge >= 0.3 is 6.03 Å². The van der Waals surface area contributed by atoms with E-state index in [0.717, 1.165) is 22.3 Å². The molecule has 3 aliphatic rings. The van der Waals surface area contributed by atoms with Gasteiger partial charge in [-0.3, -0.25) is 9.59 Å². The Balaban J connectivity index is 1.27. The largest absolute Gasteiger partial charge is 0.491 e. The molecule has 0 aliphatic carbocycles. The van der Waals surface area contributed by atoms with Crippen LogP contribution in [0.4, 0.5) is 14.3 Å². The lowest BCUT2D eigenvalue weighted by molar-refractivity contribution is 0.0191. The number of benzene rings is 2. The van der Waals surface area contributed by atoms with Crippen molar-refractivity contribution in [1.29, 1.82) is 0 Å². The molecule has 2 saturated heterocycles. The number of thiazole rings is 1. The standard InChI is InChI=1S/C25H20Cl2FN7O4S/c26-13-7-12-21(19(27)18(13)11-2-3-14(28)22-20(11)31-24(29)40-22)39-6-5-15-16-4-1-10(9-33(15)23(12)37)34(16)25(38)35-30-8-17(36)32-35/h2-3,7-8,10,15-16H,1,4-6,9H2,(H2,29,31)(H,32,36). The van der Waals surface area contributed by atoms with E-state index in [9.17, 15) is 18.8 Å². The van der Waals surface area contributed by atoms with Crippen molar-refractivity contribution in [2.24, 2.45) is 0 Å². The van der Waals surface area contributed by atoms with Crippen LogP contribution >= 0.6 is 34.5 Å². The number of carbonyl (C=O) groups is 2. The first-order valence-electron chi connectivity index (χ1n) is 12.5. The topological polar surface area (TPSA) is 139 Å². The lowest BCUT2D eigenvalue weighted by Gasteiger charge is -2.47. The van der Waals surface area contributed by atoms with Gasteiger partial charge in [-0.25, -0.2) is 19.3 Å². The fourth-order valence-electron chi connectivity index (χ4n) is 6.18. The Labute approximate surface area is 239 Å². The molecule has 3 N–H and O–H groups in total. The Bertz CT molecular complexity index is 1790. The Hall–Kier alpha value is -3.68. The molecule has 7 rings (SSSR count). The average Bonchev–Trinajstić information content (AvgIpc) is 3.62. The molecule has 5 heterocycles. The Kier molecular flexibility index (Phi) is 5.81. The molecule has 3 aliphatic heterocycles. The molecule has 2 aromatic carbocycles.